The maximum Gasteiger partial charge on any atom is 0.118 e. The van der Waals surface area contributed by atoms with Gasteiger partial charge in [0.15, 0.2) is 0 Å². The summed E-state index contributed by atoms with van der Waals surface area (Å²) < 4.78 is 5.32. The molecule has 0 bridgehead atoms. The monoisotopic (exact) mass is 317 g/mol. The molecule has 0 aromatic heterocycles. The van der Waals surface area contributed by atoms with Gasteiger partial charge in [0, 0.05) is 18.2 Å². The summed E-state index contributed by atoms with van der Waals surface area (Å²) in [4.78, 5) is 0. The van der Waals surface area contributed by atoms with Gasteiger partial charge in [-0.05, 0) is 47.9 Å². The van der Waals surface area contributed by atoms with Crippen LogP contribution < -0.4 is 10.1 Å². The first-order valence-electron chi connectivity index (χ1n) is 8.17. The van der Waals surface area contributed by atoms with Gasteiger partial charge in [-0.2, -0.15) is 0 Å². The van der Waals surface area contributed by atoms with E-state index < -0.39 is 0 Å². The van der Waals surface area contributed by atoms with Crippen LogP contribution in [0.5, 0.6) is 5.75 Å². The van der Waals surface area contributed by atoms with Crippen molar-refractivity contribution in [3.8, 4) is 5.75 Å². The molecule has 0 spiro atoms. The number of anilines is 1. The van der Waals surface area contributed by atoms with Crippen LogP contribution in [0.3, 0.4) is 0 Å². The zero-order valence-electron chi connectivity index (χ0n) is 14.4. The van der Waals surface area contributed by atoms with E-state index in [0.717, 1.165) is 11.4 Å². The Kier molecular flexibility index (Phi) is 4.57. The fraction of sp³-hybridized carbons (Fsp3) is 0.182. The number of rotatable bonds is 5. The Labute approximate surface area is 144 Å². The molecule has 0 aliphatic rings. The van der Waals surface area contributed by atoms with Crippen LogP contribution in [0.1, 0.15) is 23.6 Å². The summed E-state index contributed by atoms with van der Waals surface area (Å²) in [6, 6.07) is 27.6. The van der Waals surface area contributed by atoms with Crippen molar-refractivity contribution in [2.45, 2.75) is 12.3 Å². The first-order chi connectivity index (χ1) is 11.7. The first kappa shape index (κ1) is 16.1. The van der Waals surface area contributed by atoms with E-state index in [1.54, 1.807) is 7.11 Å². The molecule has 0 fully saturated rings. The van der Waals surface area contributed by atoms with Gasteiger partial charge in [0.05, 0.1) is 7.11 Å². The van der Waals surface area contributed by atoms with Crippen LogP contribution in [0, 0.1) is 0 Å². The Hall–Kier alpha value is -2.74. The molecule has 2 nitrogen and oxygen atoms in total. The third kappa shape index (κ3) is 2.88. The topological polar surface area (TPSA) is 21.3 Å². The van der Waals surface area contributed by atoms with E-state index in [0.29, 0.717) is 0 Å². The van der Waals surface area contributed by atoms with Crippen LogP contribution in [-0.2, 0) is 5.41 Å². The molecule has 1 unspecified atom stereocenters. The van der Waals surface area contributed by atoms with Crippen molar-refractivity contribution < 1.29 is 4.74 Å². The summed E-state index contributed by atoms with van der Waals surface area (Å²) in [6.45, 7) is 2.28. The largest absolute Gasteiger partial charge is 0.497 e. The van der Waals surface area contributed by atoms with E-state index >= 15 is 0 Å². The van der Waals surface area contributed by atoms with Crippen molar-refractivity contribution in [2.75, 3.05) is 19.5 Å². The van der Waals surface area contributed by atoms with E-state index in [-0.39, 0.29) is 5.41 Å². The van der Waals surface area contributed by atoms with Gasteiger partial charge in [0.1, 0.15) is 5.75 Å². The first-order valence-corrected chi connectivity index (χ1v) is 8.17. The maximum atomic E-state index is 5.32. The molecule has 0 saturated carbocycles. The lowest BCUT2D eigenvalue weighted by atomic mass is 9.71. The fourth-order valence-corrected chi connectivity index (χ4v) is 3.17. The molecule has 2 heteroatoms. The molecule has 0 amide bonds. The minimum atomic E-state index is -0.222. The molecule has 0 radical (unpaired) electrons. The minimum absolute atomic E-state index is 0.222. The number of methoxy groups -OCH3 is 1. The number of hydrogen-bond acceptors (Lipinski definition) is 2. The van der Waals surface area contributed by atoms with E-state index in [9.17, 15) is 0 Å². The molecule has 3 rings (SSSR count). The van der Waals surface area contributed by atoms with Crippen molar-refractivity contribution >= 4 is 5.69 Å². The summed E-state index contributed by atoms with van der Waals surface area (Å²) in [5, 5.41) is 3.18. The third-order valence-electron chi connectivity index (χ3n) is 4.77. The van der Waals surface area contributed by atoms with Gasteiger partial charge in [-0.1, -0.05) is 54.6 Å². The van der Waals surface area contributed by atoms with Gasteiger partial charge < -0.3 is 10.1 Å². The third-order valence-corrected chi connectivity index (χ3v) is 4.77. The van der Waals surface area contributed by atoms with Crippen LogP contribution in [0.25, 0.3) is 0 Å². The van der Waals surface area contributed by atoms with Gasteiger partial charge in [-0.25, -0.2) is 0 Å². The standard InChI is InChI=1S/C22H23NO/c1-22(17-7-5-4-6-8-17,18-9-13-20(23-2)14-10-18)19-11-15-21(24-3)16-12-19/h4-16,23H,1-3H3. The number of nitrogens with one attached hydrogen (secondary N) is 1. The highest BCUT2D eigenvalue weighted by Gasteiger charge is 2.30. The molecule has 1 N–H and O–H groups in total. The lowest BCUT2D eigenvalue weighted by Gasteiger charge is -2.32. The average molecular weight is 317 g/mol. The van der Waals surface area contributed by atoms with E-state index in [1.807, 2.05) is 19.2 Å². The van der Waals surface area contributed by atoms with Gasteiger partial charge in [0.25, 0.3) is 0 Å². The second-order valence-corrected chi connectivity index (χ2v) is 6.05. The van der Waals surface area contributed by atoms with Gasteiger partial charge in [0.2, 0.25) is 0 Å². The highest BCUT2D eigenvalue weighted by molar-refractivity contribution is 5.53. The molecule has 0 heterocycles. The Morgan fingerprint density at radius 3 is 1.71 bits per heavy atom. The Bertz CT molecular complexity index is 729. The van der Waals surface area contributed by atoms with Crippen LogP contribution in [0.4, 0.5) is 5.69 Å². The van der Waals surface area contributed by atoms with Crippen molar-refractivity contribution in [1.29, 1.82) is 0 Å². The van der Waals surface area contributed by atoms with Crippen LogP contribution in [-0.4, -0.2) is 14.2 Å². The summed E-state index contributed by atoms with van der Waals surface area (Å²) >= 11 is 0. The Morgan fingerprint density at radius 2 is 1.21 bits per heavy atom. The molecular weight excluding hydrogens is 294 g/mol. The molecule has 3 aromatic rings. The minimum Gasteiger partial charge on any atom is -0.497 e. The molecule has 122 valence electrons. The zero-order chi connectivity index (χ0) is 17.0. The second kappa shape index (κ2) is 6.79. The van der Waals surface area contributed by atoms with Crippen LogP contribution in [0.2, 0.25) is 0 Å². The highest BCUT2D eigenvalue weighted by Crippen LogP contribution is 2.39. The second-order valence-electron chi connectivity index (χ2n) is 6.05. The number of benzene rings is 3. The molecule has 0 aliphatic carbocycles. The zero-order valence-corrected chi connectivity index (χ0v) is 14.4. The smallest absolute Gasteiger partial charge is 0.118 e. The molecule has 3 aromatic carbocycles. The highest BCUT2D eigenvalue weighted by atomic mass is 16.5. The summed E-state index contributed by atoms with van der Waals surface area (Å²) in [5.74, 6) is 0.875. The summed E-state index contributed by atoms with van der Waals surface area (Å²) in [6.07, 6.45) is 0. The molecule has 0 saturated heterocycles. The van der Waals surface area contributed by atoms with Crippen LogP contribution in [0.15, 0.2) is 78.9 Å². The lowest BCUT2D eigenvalue weighted by molar-refractivity contribution is 0.414. The van der Waals surface area contributed by atoms with Gasteiger partial charge in [-0.15, -0.1) is 0 Å². The quantitative estimate of drug-likeness (QED) is 0.662. The van der Waals surface area contributed by atoms with E-state index in [4.69, 9.17) is 4.74 Å². The van der Waals surface area contributed by atoms with Gasteiger partial charge in [-0.3, -0.25) is 0 Å². The maximum absolute atomic E-state index is 5.32. The summed E-state index contributed by atoms with van der Waals surface area (Å²) in [7, 11) is 3.64. The van der Waals surface area contributed by atoms with Crippen LogP contribution >= 0.6 is 0 Å². The summed E-state index contributed by atoms with van der Waals surface area (Å²) in [5.41, 5.74) is 4.67. The van der Waals surface area contributed by atoms with Gasteiger partial charge >= 0.3 is 0 Å². The van der Waals surface area contributed by atoms with Crippen molar-refractivity contribution in [1.82, 2.24) is 0 Å². The average Bonchev–Trinajstić information content (AvgIpc) is 2.68. The van der Waals surface area contributed by atoms with E-state index in [2.05, 4.69) is 79.0 Å². The molecular formula is C22H23NO. The SMILES string of the molecule is CNc1ccc(C(C)(c2ccccc2)c2ccc(OC)cc2)cc1. The van der Waals surface area contributed by atoms with E-state index in [1.165, 1.54) is 16.7 Å². The Morgan fingerprint density at radius 1 is 0.708 bits per heavy atom. The van der Waals surface area contributed by atoms with Crippen molar-refractivity contribution in [2.24, 2.45) is 0 Å². The normalized spacial score (nSPS) is 13.1. The molecule has 24 heavy (non-hydrogen) atoms. The van der Waals surface area contributed by atoms with Crippen molar-refractivity contribution in [3.05, 3.63) is 95.6 Å². The predicted octanol–water partition coefficient (Wildman–Crippen LogP) is 5.09. The molecule has 0 aliphatic heterocycles. The number of hydrogen-bond donors (Lipinski definition) is 1. The number of ether oxygens (including phenoxy) is 1. The van der Waals surface area contributed by atoms with Crippen molar-refractivity contribution in [3.63, 3.8) is 0 Å². The Balaban J connectivity index is 2.16. The predicted molar refractivity (Wildman–Crippen MR) is 101 cm³/mol. The fourth-order valence-electron chi connectivity index (χ4n) is 3.17. The lowest BCUT2D eigenvalue weighted by Crippen LogP contribution is -2.25. The molecule has 1 atom stereocenters.